The summed E-state index contributed by atoms with van der Waals surface area (Å²) < 4.78 is 9.59. The Kier molecular flexibility index (Phi) is 4.52. The predicted octanol–water partition coefficient (Wildman–Crippen LogP) is 1.85. The van der Waals surface area contributed by atoms with Crippen molar-refractivity contribution < 1.29 is 9.53 Å². The third kappa shape index (κ3) is 3.15. The van der Waals surface area contributed by atoms with E-state index in [-0.39, 0.29) is 5.91 Å². The fourth-order valence-electron chi connectivity index (χ4n) is 4.21. The molecule has 9 heteroatoms. The number of aromatic nitrogens is 6. The van der Waals surface area contributed by atoms with Crippen LogP contribution in [0.5, 0.6) is 0 Å². The van der Waals surface area contributed by atoms with Crippen molar-refractivity contribution in [2.75, 3.05) is 26.3 Å². The van der Waals surface area contributed by atoms with E-state index in [0.29, 0.717) is 17.6 Å². The van der Waals surface area contributed by atoms with Crippen LogP contribution < -0.4 is 0 Å². The Bertz CT molecular complexity index is 954. The molecule has 9 nitrogen and oxygen atoms in total. The molecule has 3 aromatic heterocycles. The summed E-state index contributed by atoms with van der Waals surface area (Å²) in [6.45, 7) is 2.98. The Morgan fingerprint density at radius 1 is 0.964 bits per heavy atom. The average Bonchev–Trinajstić information content (AvgIpc) is 3.44. The highest BCUT2D eigenvalue weighted by atomic mass is 16.5. The molecule has 0 spiro atoms. The lowest BCUT2D eigenvalue weighted by atomic mass is 10.0. The lowest BCUT2D eigenvalue weighted by Crippen LogP contribution is -2.39. The van der Waals surface area contributed by atoms with Gasteiger partial charge in [-0.2, -0.15) is 0 Å². The number of rotatable bonds is 3. The number of ether oxygens (including phenoxy) is 1. The van der Waals surface area contributed by atoms with Crippen molar-refractivity contribution >= 4 is 17.1 Å². The molecule has 0 saturated carbocycles. The number of carbonyl (C=O) groups excluding carboxylic acids is 1. The molecule has 1 amide bonds. The van der Waals surface area contributed by atoms with Crippen molar-refractivity contribution in [3.63, 3.8) is 0 Å². The molecule has 2 saturated heterocycles. The molecule has 0 atom stereocenters. The Hall–Kier alpha value is -2.81. The van der Waals surface area contributed by atoms with Gasteiger partial charge in [0, 0.05) is 44.6 Å². The summed E-state index contributed by atoms with van der Waals surface area (Å²) in [5.41, 5.74) is 2.22. The zero-order valence-corrected chi connectivity index (χ0v) is 15.6. The zero-order chi connectivity index (χ0) is 18.9. The Balaban J connectivity index is 1.30. The third-order valence-corrected chi connectivity index (χ3v) is 5.85. The standard InChI is InChI=1S/C19H23N7O2/c27-19(24-5-1-15(2-6-24)25-12-22-23-13-25)14-9-17-18(20-10-14)26(11-21-17)16-3-7-28-8-4-16/h9-13,15-16H,1-8H2. The number of likely N-dealkylation sites (tertiary alicyclic amines) is 1. The molecule has 0 aromatic carbocycles. The van der Waals surface area contributed by atoms with E-state index >= 15 is 0 Å². The van der Waals surface area contributed by atoms with Crippen LogP contribution in [0.4, 0.5) is 0 Å². The number of pyridine rings is 1. The number of hydrogen-bond acceptors (Lipinski definition) is 6. The van der Waals surface area contributed by atoms with Crippen molar-refractivity contribution in [2.45, 2.75) is 37.8 Å². The summed E-state index contributed by atoms with van der Waals surface area (Å²) >= 11 is 0. The quantitative estimate of drug-likeness (QED) is 0.688. The number of amides is 1. The lowest BCUT2D eigenvalue weighted by Gasteiger charge is -2.32. The molecule has 0 radical (unpaired) electrons. The van der Waals surface area contributed by atoms with Gasteiger partial charge < -0.3 is 18.8 Å². The molecular weight excluding hydrogens is 358 g/mol. The molecule has 2 aliphatic heterocycles. The molecule has 3 aromatic rings. The number of piperidine rings is 1. The van der Waals surface area contributed by atoms with E-state index in [0.717, 1.165) is 63.2 Å². The molecule has 0 unspecified atom stereocenters. The predicted molar refractivity (Wildman–Crippen MR) is 101 cm³/mol. The first kappa shape index (κ1) is 17.3. The third-order valence-electron chi connectivity index (χ3n) is 5.85. The second-order valence-corrected chi connectivity index (χ2v) is 7.49. The van der Waals surface area contributed by atoms with Crippen molar-refractivity contribution in [3.8, 4) is 0 Å². The lowest BCUT2D eigenvalue weighted by molar-refractivity contribution is 0.0694. The van der Waals surface area contributed by atoms with E-state index in [1.165, 1.54) is 0 Å². The van der Waals surface area contributed by atoms with Crippen molar-refractivity contribution in [2.24, 2.45) is 0 Å². The van der Waals surface area contributed by atoms with Gasteiger partial charge in [0.2, 0.25) is 0 Å². The van der Waals surface area contributed by atoms with Gasteiger partial charge in [-0.05, 0) is 31.7 Å². The first-order valence-corrected chi connectivity index (χ1v) is 9.83. The Labute approximate surface area is 162 Å². The fourth-order valence-corrected chi connectivity index (χ4v) is 4.21. The highest BCUT2D eigenvalue weighted by Gasteiger charge is 2.25. The summed E-state index contributed by atoms with van der Waals surface area (Å²) in [4.78, 5) is 23.9. The van der Waals surface area contributed by atoms with Gasteiger partial charge in [-0.15, -0.1) is 10.2 Å². The zero-order valence-electron chi connectivity index (χ0n) is 15.6. The van der Waals surface area contributed by atoms with E-state index in [1.54, 1.807) is 18.9 Å². The fraction of sp³-hybridized carbons (Fsp3) is 0.526. The minimum Gasteiger partial charge on any atom is -0.381 e. The maximum Gasteiger partial charge on any atom is 0.255 e. The molecule has 5 rings (SSSR count). The average molecular weight is 381 g/mol. The van der Waals surface area contributed by atoms with Gasteiger partial charge in [-0.3, -0.25) is 4.79 Å². The molecule has 28 heavy (non-hydrogen) atoms. The number of imidazole rings is 1. The van der Waals surface area contributed by atoms with Crippen LogP contribution in [0.3, 0.4) is 0 Å². The largest absolute Gasteiger partial charge is 0.381 e. The molecule has 5 heterocycles. The molecule has 0 N–H and O–H groups in total. The van der Waals surface area contributed by atoms with Gasteiger partial charge in [0.15, 0.2) is 5.65 Å². The van der Waals surface area contributed by atoms with Gasteiger partial charge in [0.05, 0.1) is 11.9 Å². The highest BCUT2D eigenvalue weighted by Crippen LogP contribution is 2.26. The minimum atomic E-state index is 0.0252. The van der Waals surface area contributed by atoms with E-state index < -0.39 is 0 Å². The van der Waals surface area contributed by atoms with E-state index in [2.05, 4.69) is 24.7 Å². The van der Waals surface area contributed by atoms with Gasteiger partial charge in [-0.1, -0.05) is 0 Å². The van der Waals surface area contributed by atoms with Crippen LogP contribution in [0, 0.1) is 0 Å². The number of nitrogens with zero attached hydrogens (tertiary/aromatic N) is 7. The van der Waals surface area contributed by atoms with Crippen LogP contribution in [-0.4, -0.2) is 66.4 Å². The molecule has 0 bridgehead atoms. The van der Waals surface area contributed by atoms with E-state index in [9.17, 15) is 4.79 Å². The molecule has 146 valence electrons. The monoisotopic (exact) mass is 381 g/mol. The highest BCUT2D eigenvalue weighted by molar-refractivity contribution is 5.96. The number of hydrogen-bond donors (Lipinski definition) is 0. The smallest absolute Gasteiger partial charge is 0.255 e. The topological polar surface area (TPSA) is 91.0 Å². The number of carbonyl (C=O) groups is 1. The number of fused-ring (bicyclic) bond motifs is 1. The van der Waals surface area contributed by atoms with Gasteiger partial charge in [0.25, 0.3) is 5.91 Å². The first-order chi connectivity index (χ1) is 13.8. The second-order valence-electron chi connectivity index (χ2n) is 7.49. The normalized spacial score (nSPS) is 19.4. The Morgan fingerprint density at radius 3 is 2.46 bits per heavy atom. The SMILES string of the molecule is O=C(c1cnc2c(c1)ncn2C1CCOCC1)N1CCC(n2cnnc2)CC1. The Morgan fingerprint density at radius 2 is 1.71 bits per heavy atom. The van der Waals surface area contributed by atoms with Crippen LogP contribution in [0.1, 0.15) is 48.1 Å². The first-order valence-electron chi connectivity index (χ1n) is 9.83. The van der Waals surface area contributed by atoms with E-state index in [4.69, 9.17) is 4.74 Å². The summed E-state index contributed by atoms with van der Waals surface area (Å²) in [6.07, 6.45) is 10.8. The van der Waals surface area contributed by atoms with Crippen LogP contribution >= 0.6 is 0 Å². The van der Waals surface area contributed by atoms with Crippen LogP contribution in [0.25, 0.3) is 11.2 Å². The van der Waals surface area contributed by atoms with Crippen LogP contribution in [0.2, 0.25) is 0 Å². The van der Waals surface area contributed by atoms with Crippen molar-refractivity contribution in [1.82, 2.24) is 34.2 Å². The summed E-state index contributed by atoms with van der Waals surface area (Å²) in [7, 11) is 0. The van der Waals surface area contributed by atoms with Gasteiger partial charge >= 0.3 is 0 Å². The summed E-state index contributed by atoms with van der Waals surface area (Å²) in [6, 6.07) is 2.59. The second kappa shape index (κ2) is 7.31. The molecule has 0 aliphatic carbocycles. The van der Waals surface area contributed by atoms with Crippen LogP contribution in [0.15, 0.2) is 31.2 Å². The van der Waals surface area contributed by atoms with Crippen LogP contribution in [-0.2, 0) is 4.74 Å². The minimum absolute atomic E-state index is 0.0252. The summed E-state index contributed by atoms with van der Waals surface area (Å²) in [5, 5.41) is 7.74. The van der Waals surface area contributed by atoms with Crippen molar-refractivity contribution in [1.29, 1.82) is 0 Å². The molecular formula is C19H23N7O2. The molecule has 2 fully saturated rings. The van der Waals surface area contributed by atoms with Crippen molar-refractivity contribution in [3.05, 3.63) is 36.8 Å². The maximum absolute atomic E-state index is 12.9. The van der Waals surface area contributed by atoms with E-state index in [1.807, 2.05) is 21.9 Å². The maximum atomic E-state index is 12.9. The molecule has 2 aliphatic rings. The van der Waals surface area contributed by atoms with Gasteiger partial charge in [-0.25, -0.2) is 9.97 Å². The summed E-state index contributed by atoms with van der Waals surface area (Å²) in [5.74, 6) is 0.0252. The van der Waals surface area contributed by atoms with Gasteiger partial charge in [0.1, 0.15) is 18.2 Å².